The number of nitrogens with zero attached hydrogens (tertiary/aromatic N) is 3. The molecular formula is C17H25N3O. The van der Waals surface area contributed by atoms with Crippen LogP contribution in [0.2, 0.25) is 0 Å². The number of amides is 1. The van der Waals surface area contributed by atoms with Crippen molar-refractivity contribution in [1.29, 1.82) is 0 Å². The maximum atomic E-state index is 12.7. The molecule has 114 valence electrons. The predicted molar refractivity (Wildman–Crippen MR) is 84.7 cm³/mol. The van der Waals surface area contributed by atoms with Gasteiger partial charge in [-0.3, -0.25) is 4.79 Å². The highest BCUT2D eigenvalue weighted by Gasteiger charge is 2.24. The lowest BCUT2D eigenvalue weighted by molar-refractivity contribution is 0.0635. The van der Waals surface area contributed by atoms with Gasteiger partial charge in [0.15, 0.2) is 0 Å². The number of aromatic nitrogens is 1. The molecule has 1 aromatic rings. The van der Waals surface area contributed by atoms with Crippen molar-refractivity contribution in [2.45, 2.75) is 51.5 Å². The lowest BCUT2D eigenvalue weighted by Gasteiger charge is -2.34. The fraction of sp³-hybridized carbons (Fsp3) is 0.647. The summed E-state index contributed by atoms with van der Waals surface area (Å²) in [7, 11) is 0. The van der Waals surface area contributed by atoms with Crippen molar-refractivity contribution in [2.75, 3.05) is 24.5 Å². The van der Waals surface area contributed by atoms with Crippen LogP contribution in [0.25, 0.3) is 0 Å². The summed E-state index contributed by atoms with van der Waals surface area (Å²) in [6.45, 7) is 5.17. The quantitative estimate of drug-likeness (QED) is 0.838. The Balaban J connectivity index is 1.76. The monoisotopic (exact) mass is 287 g/mol. The van der Waals surface area contributed by atoms with E-state index in [-0.39, 0.29) is 5.91 Å². The van der Waals surface area contributed by atoms with E-state index in [0.29, 0.717) is 6.04 Å². The van der Waals surface area contributed by atoms with Crippen LogP contribution in [-0.2, 0) is 0 Å². The summed E-state index contributed by atoms with van der Waals surface area (Å²) in [5.41, 5.74) is 0.791. The molecule has 2 aliphatic rings. The van der Waals surface area contributed by atoms with Crippen LogP contribution >= 0.6 is 0 Å². The van der Waals surface area contributed by atoms with Crippen molar-refractivity contribution < 1.29 is 4.79 Å². The molecule has 4 nitrogen and oxygen atoms in total. The van der Waals surface area contributed by atoms with Crippen molar-refractivity contribution in [3.8, 4) is 0 Å². The second-order valence-corrected chi connectivity index (χ2v) is 6.29. The van der Waals surface area contributed by atoms with Gasteiger partial charge in [0.2, 0.25) is 0 Å². The Morgan fingerprint density at radius 2 is 1.90 bits per heavy atom. The van der Waals surface area contributed by atoms with Crippen molar-refractivity contribution in [3.05, 3.63) is 23.9 Å². The maximum absolute atomic E-state index is 12.7. The van der Waals surface area contributed by atoms with Crippen molar-refractivity contribution in [3.63, 3.8) is 0 Å². The first-order valence-corrected chi connectivity index (χ1v) is 8.27. The molecule has 3 rings (SSSR count). The van der Waals surface area contributed by atoms with E-state index in [4.69, 9.17) is 0 Å². The third-order valence-electron chi connectivity index (χ3n) is 4.74. The number of anilines is 1. The Bertz CT molecular complexity index is 497. The van der Waals surface area contributed by atoms with Gasteiger partial charge in [0.25, 0.3) is 5.91 Å². The zero-order valence-electron chi connectivity index (χ0n) is 12.9. The molecule has 0 radical (unpaired) electrons. The molecule has 0 aliphatic carbocycles. The number of likely N-dealkylation sites (tertiary alicyclic amines) is 1. The van der Waals surface area contributed by atoms with E-state index >= 15 is 0 Å². The number of piperidine rings is 2. The average molecular weight is 287 g/mol. The molecule has 0 spiro atoms. The first-order valence-electron chi connectivity index (χ1n) is 8.27. The minimum atomic E-state index is 0.169. The lowest BCUT2D eigenvalue weighted by Crippen LogP contribution is -2.42. The van der Waals surface area contributed by atoms with Crippen molar-refractivity contribution in [2.24, 2.45) is 0 Å². The second-order valence-electron chi connectivity index (χ2n) is 6.29. The smallest absolute Gasteiger partial charge is 0.254 e. The molecule has 1 atom stereocenters. The highest BCUT2D eigenvalue weighted by atomic mass is 16.2. The zero-order valence-corrected chi connectivity index (χ0v) is 12.9. The molecular weight excluding hydrogens is 262 g/mol. The van der Waals surface area contributed by atoms with Crippen LogP contribution in [0.1, 0.15) is 55.8 Å². The van der Waals surface area contributed by atoms with Crippen molar-refractivity contribution in [1.82, 2.24) is 9.88 Å². The summed E-state index contributed by atoms with van der Waals surface area (Å²) in [6, 6.07) is 4.20. The van der Waals surface area contributed by atoms with Gasteiger partial charge in [0.05, 0.1) is 0 Å². The van der Waals surface area contributed by atoms with Gasteiger partial charge in [-0.05, 0) is 57.6 Å². The van der Waals surface area contributed by atoms with Gasteiger partial charge in [0.1, 0.15) is 5.82 Å². The molecule has 21 heavy (non-hydrogen) atoms. The molecule has 3 heterocycles. The van der Waals surface area contributed by atoms with E-state index < -0.39 is 0 Å². The van der Waals surface area contributed by atoms with E-state index in [2.05, 4.69) is 16.8 Å². The minimum Gasteiger partial charge on any atom is -0.357 e. The van der Waals surface area contributed by atoms with Crippen molar-refractivity contribution >= 4 is 11.7 Å². The van der Waals surface area contributed by atoms with E-state index in [1.807, 2.05) is 17.0 Å². The van der Waals surface area contributed by atoms with E-state index in [1.165, 1.54) is 25.7 Å². The molecule has 0 bridgehead atoms. The van der Waals surface area contributed by atoms with Crippen LogP contribution < -0.4 is 4.90 Å². The maximum Gasteiger partial charge on any atom is 0.254 e. The normalized spacial score (nSPS) is 23.2. The summed E-state index contributed by atoms with van der Waals surface area (Å²) < 4.78 is 0. The predicted octanol–water partition coefficient (Wildman–Crippen LogP) is 3.09. The van der Waals surface area contributed by atoms with Crippen LogP contribution in [0.4, 0.5) is 5.82 Å². The molecule has 2 saturated heterocycles. The van der Waals surface area contributed by atoms with Gasteiger partial charge in [-0.15, -0.1) is 0 Å². The molecule has 1 unspecified atom stereocenters. The fourth-order valence-corrected chi connectivity index (χ4v) is 3.41. The van der Waals surface area contributed by atoms with Gasteiger partial charge >= 0.3 is 0 Å². The summed E-state index contributed by atoms with van der Waals surface area (Å²) in [4.78, 5) is 21.5. The van der Waals surface area contributed by atoms with Crippen LogP contribution in [0.3, 0.4) is 0 Å². The third-order valence-corrected chi connectivity index (χ3v) is 4.74. The summed E-state index contributed by atoms with van der Waals surface area (Å²) in [6.07, 6.45) is 9.02. The molecule has 0 saturated carbocycles. The molecule has 4 heteroatoms. The Morgan fingerprint density at radius 1 is 1.14 bits per heavy atom. The van der Waals surface area contributed by atoms with Crippen LogP contribution in [-0.4, -0.2) is 41.5 Å². The van der Waals surface area contributed by atoms with Crippen LogP contribution in [0.5, 0.6) is 0 Å². The minimum absolute atomic E-state index is 0.169. The molecule has 1 amide bonds. The van der Waals surface area contributed by atoms with Crippen LogP contribution in [0.15, 0.2) is 18.3 Å². The van der Waals surface area contributed by atoms with Gasteiger partial charge in [-0.25, -0.2) is 4.98 Å². The van der Waals surface area contributed by atoms with Gasteiger partial charge in [0, 0.05) is 37.4 Å². The third kappa shape index (κ3) is 3.20. The second kappa shape index (κ2) is 6.46. The van der Waals surface area contributed by atoms with E-state index in [1.54, 1.807) is 6.20 Å². The molecule has 0 aromatic carbocycles. The first-order chi connectivity index (χ1) is 10.3. The Kier molecular flexibility index (Phi) is 4.42. The number of hydrogen-bond donors (Lipinski definition) is 0. The number of carbonyl (C=O) groups is 1. The Morgan fingerprint density at radius 3 is 2.67 bits per heavy atom. The fourth-order valence-electron chi connectivity index (χ4n) is 3.41. The molecule has 1 aromatic heterocycles. The largest absolute Gasteiger partial charge is 0.357 e. The number of carbonyl (C=O) groups excluding carboxylic acids is 1. The highest BCUT2D eigenvalue weighted by molar-refractivity contribution is 5.95. The van der Waals surface area contributed by atoms with Gasteiger partial charge in [-0.1, -0.05) is 0 Å². The first kappa shape index (κ1) is 14.4. The topological polar surface area (TPSA) is 36.4 Å². The molecule has 0 N–H and O–H groups in total. The zero-order chi connectivity index (χ0) is 14.7. The highest BCUT2D eigenvalue weighted by Crippen LogP contribution is 2.22. The Labute approximate surface area is 127 Å². The number of hydrogen-bond acceptors (Lipinski definition) is 3. The van der Waals surface area contributed by atoms with E-state index in [9.17, 15) is 4.79 Å². The van der Waals surface area contributed by atoms with Gasteiger partial charge < -0.3 is 9.80 Å². The SMILES string of the molecule is CC1CCCCN1C(=O)c1ccnc(N2CCCCC2)c1. The average Bonchev–Trinajstić information content (AvgIpc) is 2.56. The Hall–Kier alpha value is -1.58. The lowest BCUT2D eigenvalue weighted by atomic mass is 10.0. The molecule has 2 fully saturated rings. The molecule has 2 aliphatic heterocycles. The van der Waals surface area contributed by atoms with E-state index in [0.717, 1.165) is 43.9 Å². The standard InChI is InChI=1S/C17H25N3O/c1-14-7-3-6-12-20(14)17(21)15-8-9-18-16(13-15)19-10-4-2-5-11-19/h8-9,13-14H,2-7,10-12H2,1H3. The number of rotatable bonds is 2. The number of pyridine rings is 1. The summed E-state index contributed by atoms with van der Waals surface area (Å²) in [5.74, 6) is 1.13. The summed E-state index contributed by atoms with van der Waals surface area (Å²) >= 11 is 0. The van der Waals surface area contributed by atoms with Gasteiger partial charge in [-0.2, -0.15) is 0 Å². The summed E-state index contributed by atoms with van der Waals surface area (Å²) in [5, 5.41) is 0. The van der Waals surface area contributed by atoms with Crippen LogP contribution in [0, 0.1) is 0 Å².